The Bertz CT molecular complexity index is 692. The van der Waals surface area contributed by atoms with Crippen molar-refractivity contribution < 1.29 is 13.5 Å². The highest BCUT2D eigenvalue weighted by Crippen LogP contribution is 2.26. The van der Waals surface area contributed by atoms with E-state index in [1.807, 2.05) is 0 Å². The summed E-state index contributed by atoms with van der Waals surface area (Å²) in [7, 11) is -0.391. The van der Waals surface area contributed by atoms with Crippen LogP contribution in [0.15, 0.2) is 41.6 Å². The van der Waals surface area contributed by atoms with Crippen LogP contribution < -0.4 is 0 Å². The van der Waals surface area contributed by atoms with Gasteiger partial charge in [-0.15, -0.1) is 0 Å². The van der Waals surface area contributed by atoms with E-state index in [1.54, 1.807) is 26.1 Å². The molecule has 0 amide bonds. The van der Waals surface area contributed by atoms with E-state index >= 15 is 0 Å². The van der Waals surface area contributed by atoms with Crippen molar-refractivity contribution in [1.82, 2.24) is 14.1 Å². The Kier molecular flexibility index (Phi) is 3.82. The maximum Gasteiger partial charge on any atom is 0.246 e. The summed E-state index contributed by atoms with van der Waals surface area (Å²) in [6.45, 7) is 1.79. The van der Waals surface area contributed by atoms with E-state index < -0.39 is 10.0 Å². The van der Waals surface area contributed by atoms with Crippen molar-refractivity contribution in [2.45, 2.75) is 17.9 Å². The van der Waals surface area contributed by atoms with Crippen molar-refractivity contribution in [3.63, 3.8) is 0 Å². The zero-order valence-electron chi connectivity index (χ0n) is 11.6. The number of aromatic nitrogens is 2. The number of phenolic OH excluding ortho intramolecular Hbond substituents is 1. The highest BCUT2D eigenvalue weighted by Gasteiger charge is 2.27. The Morgan fingerprint density at radius 3 is 2.40 bits per heavy atom. The summed E-state index contributed by atoms with van der Waals surface area (Å²) < 4.78 is 27.6. The first-order valence-electron chi connectivity index (χ1n) is 6.08. The molecule has 1 atom stereocenters. The van der Waals surface area contributed by atoms with E-state index in [-0.39, 0.29) is 16.7 Å². The van der Waals surface area contributed by atoms with Gasteiger partial charge in [-0.25, -0.2) is 8.42 Å². The number of rotatable bonds is 4. The molecule has 2 aromatic rings. The molecular formula is C13H17N3O3S. The fraction of sp³-hybridized carbons (Fsp3) is 0.308. The van der Waals surface area contributed by atoms with Gasteiger partial charge in [-0.1, -0.05) is 12.1 Å². The molecule has 0 saturated heterocycles. The highest BCUT2D eigenvalue weighted by molar-refractivity contribution is 7.89. The van der Waals surface area contributed by atoms with Crippen LogP contribution in [-0.4, -0.2) is 34.7 Å². The van der Waals surface area contributed by atoms with Crippen LogP contribution in [0.25, 0.3) is 0 Å². The Morgan fingerprint density at radius 2 is 1.90 bits per heavy atom. The topological polar surface area (TPSA) is 75.4 Å². The van der Waals surface area contributed by atoms with Crippen LogP contribution in [0, 0.1) is 0 Å². The molecule has 6 nitrogen and oxygen atoms in total. The Hall–Kier alpha value is -1.86. The third-order valence-electron chi connectivity index (χ3n) is 3.28. The predicted molar refractivity (Wildman–Crippen MR) is 74.7 cm³/mol. The summed E-state index contributed by atoms with van der Waals surface area (Å²) in [4.78, 5) is 0.160. The monoisotopic (exact) mass is 295 g/mol. The number of hydrogen-bond donors (Lipinski definition) is 1. The fourth-order valence-electron chi connectivity index (χ4n) is 1.87. The minimum atomic E-state index is -3.59. The maximum atomic E-state index is 12.5. The molecule has 0 bridgehead atoms. The van der Waals surface area contributed by atoms with Gasteiger partial charge in [0.05, 0.1) is 6.20 Å². The second-order valence-corrected chi connectivity index (χ2v) is 6.64. The molecule has 20 heavy (non-hydrogen) atoms. The number of aryl methyl sites for hydroxylation is 1. The van der Waals surface area contributed by atoms with Gasteiger partial charge in [0, 0.05) is 26.3 Å². The van der Waals surface area contributed by atoms with Gasteiger partial charge in [0.2, 0.25) is 10.0 Å². The van der Waals surface area contributed by atoms with Crippen molar-refractivity contribution in [2.24, 2.45) is 7.05 Å². The molecule has 1 N–H and O–H groups in total. The van der Waals surface area contributed by atoms with Crippen molar-refractivity contribution in [2.75, 3.05) is 7.05 Å². The number of nitrogens with zero attached hydrogens (tertiary/aromatic N) is 3. The second kappa shape index (κ2) is 5.26. The molecule has 108 valence electrons. The molecule has 1 aromatic heterocycles. The van der Waals surface area contributed by atoms with Gasteiger partial charge in [-0.05, 0) is 24.6 Å². The zero-order valence-corrected chi connectivity index (χ0v) is 12.4. The van der Waals surface area contributed by atoms with Gasteiger partial charge in [0.25, 0.3) is 0 Å². The molecule has 0 fully saturated rings. The van der Waals surface area contributed by atoms with E-state index in [0.717, 1.165) is 5.56 Å². The Balaban J connectivity index is 2.30. The largest absolute Gasteiger partial charge is 0.508 e. The number of benzene rings is 1. The Labute approximate surface area is 118 Å². The van der Waals surface area contributed by atoms with E-state index in [2.05, 4.69) is 5.10 Å². The minimum Gasteiger partial charge on any atom is -0.508 e. The summed E-state index contributed by atoms with van der Waals surface area (Å²) in [5.74, 6) is 0.152. The highest BCUT2D eigenvalue weighted by atomic mass is 32.2. The summed E-state index contributed by atoms with van der Waals surface area (Å²) in [5, 5.41) is 13.2. The Morgan fingerprint density at radius 1 is 1.30 bits per heavy atom. The molecule has 1 aromatic carbocycles. The molecule has 0 saturated carbocycles. The first-order chi connectivity index (χ1) is 9.32. The number of sulfonamides is 1. The summed E-state index contributed by atoms with van der Waals surface area (Å²) in [6.07, 6.45) is 2.80. The van der Waals surface area contributed by atoms with E-state index in [1.165, 1.54) is 40.6 Å². The van der Waals surface area contributed by atoms with E-state index in [9.17, 15) is 13.5 Å². The van der Waals surface area contributed by atoms with E-state index in [0.29, 0.717) is 0 Å². The first kappa shape index (κ1) is 14.5. The molecular weight excluding hydrogens is 278 g/mol. The van der Waals surface area contributed by atoms with Crippen molar-refractivity contribution in [1.29, 1.82) is 0 Å². The lowest BCUT2D eigenvalue weighted by Crippen LogP contribution is -2.29. The quantitative estimate of drug-likeness (QED) is 0.927. The van der Waals surface area contributed by atoms with Crippen molar-refractivity contribution in [3.8, 4) is 5.75 Å². The third kappa shape index (κ3) is 2.68. The second-order valence-electron chi connectivity index (χ2n) is 4.64. The fourth-order valence-corrected chi connectivity index (χ4v) is 3.21. The maximum absolute atomic E-state index is 12.5. The minimum absolute atomic E-state index is 0.152. The average Bonchev–Trinajstić information content (AvgIpc) is 2.85. The van der Waals surface area contributed by atoms with Crippen LogP contribution in [0.4, 0.5) is 0 Å². The lowest BCUT2D eigenvalue weighted by Gasteiger charge is -2.24. The number of phenols is 1. The van der Waals surface area contributed by atoms with Crippen LogP contribution in [0.2, 0.25) is 0 Å². The standard InChI is InChI=1S/C13H17N3O3S/c1-10(11-4-6-12(17)7-5-11)16(3)20(18,19)13-8-14-15(2)9-13/h4-10,17H,1-3H3. The van der Waals surface area contributed by atoms with Crippen LogP contribution in [0.3, 0.4) is 0 Å². The zero-order chi connectivity index (χ0) is 14.9. The number of hydrogen-bond acceptors (Lipinski definition) is 4. The first-order valence-corrected chi connectivity index (χ1v) is 7.52. The van der Waals surface area contributed by atoms with Crippen LogP contribution >= 0.6 is 0 Å². The van der Waals surface area contributed by atoms with Crippen LogP contribution in [0.5, 0.6) is 5.75 Å². The molecule has 2 rings (SSSR count). The summed E-state index contributed by atoms with van der Waals surface area (Å²) >= 11 is 0. The summed E-state index contributed by atoms with van der Waals surface area (Å²) in [6, 6.07) is 6.14. The molecule has 1 heterocycles. The molecule has 0 aliphatic rings. The van der Waals surface area contributed by atoms with Gasteiger partial charge in [0.1, 0.15) is 10.6 Å². The SMILES string of the molecule is CC(c1ccc(O)cc1)N(C)S(=O)(=O)c1cnn(C)c1. The molecule has 0 radical (unpaired) electrons. The normalized spacial score (nSPS) is 13.6. The summed E-state index contributed by atoms with van der Waals surface area (Å²) in [5.41, 5.74) is 0.803. The smallest absolute Gasteiger partial charge is 0.246 e. The van der Waals surface area contributed by atoms with Gasteiger partial charge < -0.3 is 5.11 Å². The molecule has 7 heteroatoms. The van der Waals surface area contributed by atoms with Gasteiger partial charge in [0.15, 0.2) is 0 Å². The van der Waals surface area contributed by atoms with Crippen molar-refractivity contribution >= 4 is 10.0 Å². The lowest BCUT2D eigenvalue weighted by molar-refractivity contribution is 0.398. The average molecular weight is 295 g/mol. The van der Waals surface area contributed by atoms with E-state index in [4.69, 9.17) is 0 Å². The molecule has 0 aliphatic heterocycles. The molecule has 1 unspecified atom stereocenters. The van der Waals surface area contributed by atoms with Gasteiger partial charge >= 0.3 is 0 Å². The van der Waals surface area contributed by atoms with Gasteiger partial charge in [-0.3, -0.25) is 4.68 Å². The predicted octanol–water partition coefficient (Wildman–Crippen LogP) is 1.51. The lowest BCUT2D eigenvalue weighted by atomic mass is 10.1. The number of aromatic hydroxyl groups is 1. The molecule has 0 aliphatic carbocycles. The van der Waals surface area contributed by atoms with Crippen LogP contribution in [0.1, 0.15) is 18.5 Å². The van der Waals surface area contributed by atoms with Gasteiger partial charge in [-0.2, -0.15) is 9.40 Å². The van der Waals surface area contributed by atoms with Crippen LogP contribution in [-0.2, 0) is 17.1 Å². The third-order valence-corrected chi connectivity index (χ3v) is 5.16. The molecule has 0 spiro atoms. The van der Waals surface area contributed by atoms with Crippen molar-refractivity contribution in [3.05, 3.63) is 42.2 Å².